The second-order valence-electron chi connectivity index (χ2n) is 4.11. The van der Waals surface area contributed by atoms with Crippen LogP contribution in [0.1, 0.15) is 11.1 Å². The fourth-order valence-electron chi connectivity index (χ4n) is 1.67. The molecule has 0 amide bonds. The average molecular weight is 333 g/mol. The number of anilines is 2. The Bertz CT molecular complexity index is 684. The smallest absolute Gasteiger partial charge is 0.339 e. The quantitative estimate of drug-likeness (QED) is 0.768. The van der Waals surface area contributed by atoms with Crippen molar-refractivity contribution in [3.8, 4) is 0 Å². The summed E-state index contributed by atoms with van der Waals surface area (Å²) in [7, 11) is 0. The molecule has 1 N–H and O–H groups in total. The Morgan fingerprint density at radius 1 is 1.19 bits per heavy atom. The second-order valence-corrected chi connectivity index (χ2v) is 4.95. The van der Waals surface area contributed by atoms with E-state index < -0.39 is 11.7 Å². The van der Waals surface area contributed by atoms with E-state index in [1.165, 1.54) is 6.07 Å². The molecular formula is C14H9Cl2F3N2. The molecule has 0 spiro atoms. The molecular weight excluding hydrogens is 324 g/mol. The van der Waals surface area contributed by atoms with E-state index in [-0.39, 0.29) is 16.4 Å². The highest BCUT2D eigenvalue weighted by atomic mass is 35.5. The van der Waals surface area contributed by atoms with Crippen molar-refractivity contribution in [1.29, 1.82) is 0 Å². The van der Waals surface area contributed by atoms with Crippen LogP contribution in [0, 0.1) is 0 Å². The molecule has 1 heterocycles. The largest absolute Gasteiger partial charge is 0.417 e. The van der Waals surface area contributed by atoms with Crippen LogP contribution in [0.5, 0.6) is 0 Å². The number of benzene rings is 1. The summed E-state index contributed by atoms with van der Waals surface area (Å²) in [4.78, 5) is 3.91. The van der Waals surface area contributed by atoms with Crippen LogP contribution in [0.4, 0.5) is 24.7 Å². The van der Waals surface area contributed by atoms with E-state index in [4.69, 9.17) is 23.2 Å². The third kappa shape index (κ3) is 3.68. The molecule has 110 valence electrons. The zero-order chi connectivity index (χ0) is 15.6. The molecule has 0 aliphatic carbocycles. The van der Waals surface area contributed by atoms with Gasteiger partial charge in [0.2, 0.25) is 0 Å². The highest BCUT2D eigenvalue weighted by Gasteiger charge is 2.33. The lowest BCUT2D eigenvalue weighted by Crippen LogP contribution is -2.09. The van der Waals surface area contributed by atoms with Gasteiger partial charge in [-0.15, -0.1) is 0 Å². The van der Waals surface area contributed by atoms with Gasteiger partial charge < -0.3 is 5.32 Å². The molecule has 21 heavy (non-hydrogen) atoms. The van der Waals surface area contributed by atoms with Crippen LogP contribution < -0.4 is 5.32 Å². The molecule has 0 saturated heterocycles. The van der Waals surface area contributed by atoms with Gasteiger partial charge >= 0.3 is 6.18 Å². The van der Waals surface area contributed by atoms with Crippen molar-refractivity contribution >= 4 is 40.8 Å². The molecule has 0 radical (unpaired) electrons. The van der Waals surface area contributed by atoms with Gasteiger partial charge in [0.05, 0.1) is 16.3 Å². The highest BCUT2D eigenvalue weighted by Crippen LogP contribution is 2.35. The molecule has 2 rings (SSSR count). The molecule has 0 unspecified atom stereocenters. The Morgan fingerprint density at radius 3 is 2.48 bits per heavy atom. The van der Waals surface area contributed by atoms with E-state index >= 15 is 0 Å². The first-order valence-corrected chi connectivity index (χ1v) is 6.48. The van der Waals surface area contributed by atoms with Crippen molar-refractivity contribution in [3.05, 3.63) is 58.2 Å². The lowest BCUT2D eigenvalue weighted by Gasteiger charge is -2.13. The fourth-order valence-corrected chi connectivity index (χ4v) is 2.13. The van der Waals surface area contributed by atoms with Crippen LogP contribution >= 0.6 is 23.2 Å². The Labute approximate surface area is 129 Å². The number of hydrogen-bond acceptors (Lipinski definition) is 2. The number of rotatable bonds is 3. The van der Waals surface area contributed by atoms with Gasteiger partial charge in [0.25, 0.3) is 0 Å². The average Bonchev–Trinajstić information content (AvgIpc) is 2.41. The fraction of sp³-hybridized carbons (Fsp3) is 0.0714. The minimum Gasteiger partial charge on any atom is -0.339 e. The van der Waals surface area contributed by atoms with Crippen LogP contribution in [0.2, 0.25) is 10.0 Å². The molecule has 0 fully saturated rings. The molecule has 0 aliphatic heterocycles. The van der Waals surface area contributed by atoms with Gasteiger partial charge in [0.1, 0.15) is 5.82 Å². The molecule has 0 aliphatic rings. The van der Waals surface area contributed by atoms with Crippen molar-refractivity contribution in [2.45, 2.75) is 6.18 Å². The van der Waals surface area contributed by atoms with Gasteiger partial charge in [-0.05, 0) is 24.3 Å². The van der Waals surface area contributed by atoms with E-state index in [0.717, 1.165) is 18.3 Å². The standard InChI is InChI=1S/C14H9Cl2F3N2/c1-2-8-7-20-13(6-10(8)14(17,18)19)21-12-4-3-9(15)5-11(12)16/h2-7H,1H2,(H,20,21). The summed E-state index contributed by atoms with van der Waals surface area (Å²) in [6.07, 6.45) is -2.29. The number of nitrogens with zero attached hydrogens (tertiary/aromatic N) is 1. The summed E-state index contributed by atoms with van der Waals surface area (Å²) in [6, 6.07) is 5.51. The van der Waals surface area contributed by atoms with Gasteiger partial charge in [-0.25, -0.2) is 4.98 Å². The summed E-state index contributed by atoms with van der Waals surface area (Å²) < 4.78 is 38.8. The summed E-state index contributed by atoms with van der Waals surface area (Å²) in [5.41, 5.74) is -0.497. The molecule has 0 bridgehead atoms. The molecule has 0 saturated carbocycles. The summed E-state index contributed by atoms with van der Waals surface area (Å²) in [5.74, 6) is 0.0251. The van der Waals surface area contributed by atoms with Crippen LogP contribution in [-0.2, 0) is 6.18 Å². The van der Waals surface area contributed by atoms with Crippen molar-refractivity contribution < 1.29 is 13.2 Å². The number of alkyl halides is 3. The van der Waals surface area contributed by atoms with Crippen LogP contribution in [0.15, 0.2) is 37.0 Å². The SMILES string of the molecule is C=Cc1cnc(Nc2ccc(Cl)cc2Cl)cc1C(F)(F)F. The number of nitrogens with one attached hydrogen (secondary N) is 1. The van der Waals surface area contributed by atoms with Crippen LogP contribution in [0.3, 0.4) is 0 Å². The van der Waals surface area contributed by atoms with E-state index in [2.05, 4.69) is 16.9 Å². The minimum absolute atomic E-state index is 0.0251. The van der Waals surface area contributed by atoms with Gasteiger partial charge in [0.15, 0.2) is 0 Å². The van der Waals surface area contributed by atoms with Crippen molar-refractivity contribution in [2.75, 3.05) is 5.32 Å². The van der Waals surface area contributed by atoms with Crippen molar-refractivity contribution in [2.24, 2.45) is 0 Å². The third-order valence-electron chi connectivity index (χ3n) is 2.65. The van der Waals surface area contributed by atoms with Gasteiger partial charge in [-0.3, -0.25) is 0 Å². The molecule has 0 atom stereocenters. The minimum atomic E-state index is -4.49. The number of aromatic nitrogens is 1. The Morgan fingerprint density at radius 2 is 1.90 bits per heavy atom. The topological polar surface area (TPSA) is 24.9 Å². The predicted octanol–water partition coefficient (Wildman–Crippen LogP) is 5.79. The Hall–Kier alpha value is -1.72. The van der Waals surface area contributed by atoms with Gasteiger partial charge in [-0.2, -0.15) is 13.2 Å². The zero-order valence-corrected chi connectivity index (χ0v) is 12.0. The van der Waals surface area contributed by atoms with Crippen LogP contribution in [-0.4, -0.2) is 4.98 Å². The molecule has 1 aromatic carbocycles. The number of pyridine rings is 1. The van der Waals surface area contributed by atoms with Gasteiger partial charge in [-0.1, -0.05) is 35.9 Å². The lowest BCUT2D eigenvalue weighted by atomic mass is 10.1. The monoisotopic (exact) mass is 332 g/mol. The maximum atomic E-state index is 12.9. The first-order chi connectivity index (χ1) is 9.81. The lowest BCUT2D eigenvalue weighted by molar-refractivity contribution is -0.137. The summed E-state index contributed by atoms with van der Waals surface area (Å²) in [6.45, 7) is 3.35. The van der Waals surface area contributed by atoms with Crippen molar-refractivity contribution in [1.82, 2.24) is 4.98 Å². The molecule has 1 aromatic heterocycles. The zero-order valence-electron chi connectivity index (χ0n) is 10.5. The van der Waals surface area contributed by atoms with E-state index in [9.17, 15) is 13.2 Å². The van der Waals surface area contributed by atoms with E-state index in [1.807, 2.05) is 0 Å². The number of halogens is 5. The van der Waals surface area contributed by atoms with E-state index in [1.54, 1.807) is 12.1 Å². The highest BCUT2D eigenvalue weighted by molar-refractivity contribution is 6.36. The van der Waals surface area contributed by atoms with Gasteiger partial charge in [0, 0.05) is 16.8 Å². The Kier molecular flexibility index (Phi) is 4.44. The first-order valence-electron chi connectivity index (χ1n) is 5.73. The maximum Gasteiger partial charge on any atom is 0.417 e. The predicted molar refractivity (Wildman–Crippen MR) is 79.1 cm³/mol. The normalized spacial score (nSPS) is 11.3. The second kappa shape index (κ2) is 5.95. The third-order valence-corrected chi connectivity index (χ3v) is 3.20. The molecule has 2 aromatic rings. The molecule has 7 heteroatoms. The Balaban J connectivity index is 2.39. The molecule has 2 nitrogen and oxygen atoms in total. The maximum absolute atomic E-state index is 12.9. The first kappa shape index (κ1) is 15.7. The summed E-state index contributed by atoms with van der Waals surface area (Å²) >= 11 is 11.7. The van der Waals surface area contributed by atoms with Crippen LogP contribution in [0.25, 0.3) is 6.08 Å². The summed E-state index contributed by atoms with van der Waals surface area (Å²) in [5, 5.41) is 3.44. The van der Waals surface area contributed by atoms with Crippen molar-refractivity contribution in [3.63, 3.8) is 0 Å². The number of hydrogen-bond donors (Lipinski definition) is 1. The van der Waals surface area contributed by atoms with E-state index in [0.29, 0.717) is 10.7 Å².